The standard InChI is InChI=1S/C30H37N3O6S2/c1-29(2,3)32-41(37,38)25-14-13-23(21-11-7-8-12-22(21)25)26-24(15-20-9-5-4-6-10-20)31-27(39-26)28(34)33-16-30(17-33)18-40(35,36)19-30/h7-8,11-14,20,32H,4-6,9-10,15-19H2,1-3H3. The smallest absolute Gasteiger partial charge is 0.309 e. The first kappa shape index (κ1) is 28.4. The van der Waals surface area contributed by atoms with E-state index < -0.39 is 25.4 Å². The van der Waals surface area contributed by atoms with E-state index in [2.05, 4.69) is 4.72 Å². The lowest BCUT2D eigenvalue weighted by molar-refractivity contribution is 0.0169. The van der Waals surface area contributed by atoms with Crippen LogP contribution in [0.25, 0.3) is 22.1 Å². The first-order chi connectivity index (χ1) is 19.2. The fourth-order valence-electron chi connectivity index (χ4n) is 6.73. The number of aromatic nitrogens is 1. The third kappa shape index (κ3) is 5.56. The summed E-state index contributed by atoms with van der Waals surface area (Å²) in [7, 11) is -6.80. The number of nitrogens with one attached hydrogen (secondary N) is 1. The molecule has 0 radical (unpaired) electrons. The van der Waals surface area contributed by atoms with Crippen LogP contribution in [0.2, 0.25) is 0 Å². The summed E-state index contributed by atoms with van der Waals surface area (Å²) in [6, 6.07) is 10.7. The maximum atomic E-state index is 13.4. The van der Waals surface area contributed by atoms with E-state index in [-0.39, 0.29) is 33.6 Å². The Morgan fingerprint density at radius 1 is 1.05 bits per heavy atom. The molecule has 0 unspecified atom stereocenters. The predicted octanol–water partition coefficient (Wildman–Crippen LogP) is 4.57. The van der Waals surface area contributed by atoms with Crippen molar-refractivity contribution in [3.05, 3.63) is 48.0 Å². The van der Waals surface area contributed by atoms with E-state index in [9.17, 15) is 21.6 Å². The molecule has 9 nitrogen and oxygen atoms in total. The van der Waals surface area contributed by atoms with Crippen molar-refractivity contribution in [2.45, 2.75) is 69.7 Å². The van der Waals surface area contributed by atoms with Crippen molar-refractivity contribution in [3.63, 3.8) is 0 Å². The summed E-state index contributed by atoms with van der Waals surface area (Å²) in [6.45, 7) is 6.18. The van der Waals surface area contributed by atoms with Crippen molar-refractivity contribution < 1.29 is 26.0 Å². The third-order valence-electron chi connectivity index (χ3n) is 8.34. The molecular formula is C30H37N3O6S2. The van der Waals surface area contributed by atoms with Crippen LogP contribution in [0.4, 0.5) is 0 Å². The van der Waals surface area contributed by atoms with Gasteiger partial charge in [0, 0.05) is 35.0 Å². The van der Waals surface area contributed by atoms with Crippen molar-refractivity contribution in [3.8, 4) is 11.3 Å². The number of sulfonamides is 1. The van der Waals surface area contributed by atoms with Gasteiger partial charge in [0.15, 0.2) is 15.6 Å². The zero-order chi connectivity index (χ0) is 29.2. The van der Waals surface area contributed by atoms with Crippen molar-refractivity contribution in [1.29, 1.82) is 0 Å². The van der Waals surface area contributed by atoms with Gasteiger partial charge in [-0.25, -0.2) is 26.5 Å². The number of benzene rings is 2. The molecule has 1 saturated carbocycles. The lowest BCUT2D eigenvalue weighted by Crippen LogP contribution is -2.69. The highest BCUT2D eigenvalue weighted by Crippen LogP contribution is 2.43. The topological polar surface area (TPSA) is 127 Å². The number of likely N-dealkylation sites (tertiary alicyclic amines) is 1. The van der Waals surface area contributed by atoms with E-state index in [0.29, 0.717) is 53.2 Å². The normalized spacial score (nSPS) is 20.6. The zero-order valence-corrected chi connectivity index (χ0v) is 25.4. The minimum absolute atomic E-state index is 0.00183. The molecule has 2 aliphatic heterocycles. The Kier molecular flexibility index (Phi) is 6.86. The van der Waals surface area contributed by atoms with Crippen molar-refractivity contribution >= 4 is 36.5 Å². The van der Waals surface area contributed by atoms with Gasteiger partial charge >= 0.3 is 5.91 Å². The van der Waals surface area contributed by atoms with Gasteiger partial charge in [0.2, 0.25) is 10.0 Å². The summed E-state index contributed by atoms with van der Waals surface area (Å²) in [5.41, 5.74) is 0.423. The van der Waals surface area contributed by atoms with Crippen LogP contribution < -0.4 is 4.72 Å². The minimum Gasteiger partial charge on any atom is -0.432 e. The fourth-order valence-corrected chi connectivity index (χ4v) is 10.5. The molecule has 1 aromatic heterocycles. The fraction of sp³-hybridized carbons (Fsp3) is 0.533. The van der Waals surface area contributed by atoms with Crippen LogP contribution in [-0.4, -0.2) is 62.8 Å². The summed E-state index contributed by atoms with van der Waals surface area (Å²) < 4.78 is 59.1. The van der Waals surface area contributed by atoms with E-state index in [1.54, 1.807) is 49.9 Å². The number of hydrogen-bond donors (Lipinski definition) is 1. The van der Waals surface area contributed by atoms with Gasteiger partial charge in [-0.05, 0) is 50.6 Å². The summed E-state index contributed by atoms with van der Waals surface area (Å²) in [6.07, 6.45) is 6.41. The summed E-state index contributed by atoms with van der Waals surface area (Å²) >= 11 is 0. The number of rotatable bonds is 6. The van der Waals surface area contributed by atoms with Gasteiger partial charge in [-0.15, -0.1) is 0 Å². The number of oxazole rings is 1. The molecule has 1 amide bonds. The maximum absolute atomic E-state index is 13.4. The van der Waals surface area contributed by atoms with Gasteiger partial charge in [0.05, 0.1) is 22.1 Å². The molecule has 3 aromatic rings. The Labute approximate surface area is 241 Å². The first-order valence-corrected chi connectivity index (χ1v) is 17.6. The highest BCUT2D eigenvalue weighted by atomic mass is 32.2. The lowest BCUT2D eigenvalue weighted by Gasteiger charge is -2.54. The predicted molar refractivity (Wildman–Crippen MR) is 157 cm³/mol. The van der Waals surface area contributed by atoms with Crippen molar-refractivity contribution in [2.75, 3.05) is 24.6 Å². The van der Waals surface area contributed by atoms with Gasteiger partial charge in [-0.3, -0.25) is 4.79 Å². The van der Waals surface area contributed by atoms with Crippen LogP contribution >= 0.6 is 0 Å². The molecule has 6 rings (SSSR count). The highest BCUT2D eigenvalue weighted by molar-refractivity contribution is 7.92. The lowest BCUT2D eigenvalue weighted by atomic mass is 9.83. The van der Waals surface area contributed by atoms with Crippen LogP contribution in [-0.2, 0) is 26.3 Å². The Balaban J connectivity index is 1.38. The second kappa shape index (κ2) is 9.91. The second-order valence-electron chi connectivity index (χ2n) is 13.2. The molecule has 0 atom stereocenters. The van der Waals surface area contributed by atoms with E-state index >= 15 is 0 Å². The van der Waals surface area contributed by atoms with Gasteiger partial charge in [-0.1, -0.05) is 56.4 Å². The molecular weight excluding hydrogens is 562 g/mol. The molecule has 0 bridgehead atoms. The monoisotopic (exact) mass is 599 g/mol. The number of carbonyl (C=O) groups excluding carboxylic acids is 1. The Morgan fingerprint density at radius 3 is 2.34 bits per heavy atom. The number of hydrogen-bond acceptors (Lipinski definition) is 7. The molecule has 41 heavy (non-hydrogen) atoms. The Hall–Kier alpha value is -2.76. The summed E-state index contributed by atoms with van der Waals surface area (Å²) in [5, 5.41) is 1.26. The highest BCUT2D eigenvalue weighted by Gasteiger charge is 2.57. The van der Waals surface area contributed by atoms with Gasteiger partial charge in [0.25, 0.3) is 5.89 Å². The van der Waals surface area contributed by atoms with Crippen molar-refractivity contribution in [2.24, 2.45) is 11.3 Å². The zero-order valence-electron chi connectivity index (χ0n) is 23.8. The average molecular weight is 600 g/mol. The summed E-state index contributed by atoms with van der Waals surface area (Å²) in [5.74, 6) is 0.832. The largest absolute Gasteiger partial charge is 0.432 e. The van der Waals surface area contributed by atoms with E-state index in [1.165, 1.54) is 19.3 Å². The van der Waals surface area contributed by atoms with Gasteiger partial charge in [-0.2, -0.15) is 0 Å². The minimum atomic E-state index is -3.81. The van der Waals surface area contributed by atoms with E-state index in [0.717, 1.165) is 12.8 Å². The number of fused-ring (bicyclic) bond motifs is 1. The maximum Gasteiger partial charge on any atom is 0.309 e. The molecule has 3 aliphatic rings. The molecule has 1 N–H and O–H groups in total. The molecule has 1 aliphatic carbocycles. The third-order valence-corrected chi connectivity index (χ3v) is 12.3. The summed E-state index contributed by atoms with van der Waals surface area (Å²) in [4.78, 5) is 19.9. The van der Waals surface area contributed by atoms with Crippen LogP contribution in [0.15, 0.2) is 45.7 Å². The Bertz CT molecular complexity index is 1710. The number of nitrogens with zero attached hydrogens (tertiary/aromatic N) is 2. The molecule has 2 saturated heterocycles. The van der Waals surface area contributed by atoms with Crippen molar-refractivity contribution in [1.82, 2.24) is 14.6 Å². The van der Waals surface area contributed by atoms with E-state index in [1.807, 2.05) is 12.1 Å². The number of carbonyl (C=O) groups is 1. The van der Waals surface area contributed by atoms with Crippen LogP contribution in [0.3, 0.4) is 0 Å². The second-order valence-corrected chi connectivity index (χ2v) is 16.9. The number of sulfone groups is 1. The molecule has 3 heterocycles. The van der Waals surface area contributed by atoms with Gasteiger partial charge < -0.3 is 9.32 Å². The SMILES string of the molecule is CC(C)(C)NS(=O)(=O)c1ccc(-c2oc(C(=O)N3CC4(C3)CS(=O)(=O)C4)nc2CC2CCCCC2)c2ccccc12. The molecule has 220 valence electrons. The van der Waals surface area contributed by atoms with Crippen LogP contribution in [0.1, 0.15) is 69.3 Å². The average Bonchev–Trinajstić information content (AvgIpc) is 3.27. The number of amides is 1. The van der Waals surface area contributed by atoms with Crippen LogP contribution in [0.5, 0.6) is 0 Å². The molecule has 2 aromatic carbocycles. The van der Waals surface area contributed by atoms with Gasteiger partial charge in [0.1, 0.15) is 0 Å². The molecule has 1 spiro atoms. The first-order valence-electron chi connectivity index (χ1n) is 14.3. The quantitative estimate of drug-likeness (QED) is 0.440. The Morgan fingerprint density at radius 2 is 1.71 bits per heavy atom. The van der Waals surface area contributed by atoms with E-state index in [4.69, 9.17) is 9.40 Å². The van der Waals surface area contributed by atoms with Crippen LogP contribution in [0, 0.1) is 11.3 Å². The molecule has 11 heteroatoms. The molecule has 3 fully saturated rings.